The number of non-ortho nitro benzene ring substituents is 1. The molecule has 19 heavy (non-hydrogen) atoms. The molecule has 98 valence electrons. The van der Waals surface area contributed by atoms with E-state index >= 15 is 0 Å². The van der Waals surface area contributed by atoms with Crippen LogP contribution in [0.1, 0.15) is 24.1 Å². The number of carboxylic acids is 1. The number of nitro groups is 1. The third-order valence-electron chi connectivity index (χ3n) is 3.00. The molecule has 0 aliphatic rings. The molecule has 1 N–H and O–H groups in total. The minimum Gasteiger partial charge on any atom is -0.481 e. The van der Waals surface area contributed by atoms with Crippen molar-refractivity contribution in [2.24, 2.45) is 0 Å². The highest BCUT2D eigenvalue weighted by Crippen LogP contribution is 2.28. The smallest absolute Gasteiger partial charge is 0.310 e. The molecule has 0 amide bonds. The quantitative estimate of drug-likeness (QED) is 0.676. The molecule has 1 atom stereocenters. The maximum absolute atomic E-state index is 11.1. The lowest BCUT2D eigenvalue weighted by Gasteiger charge is -2.11. The van der Waals surface area contributed by atoms with Crippen molar-refractivity contribution in [2.45, 2.75) is 19.8 Å². The third kappa shape index (κ3) is 2.37. The first-order chi connectivity index (χ1) is 8.90. The predicted octanol–water partition coefficient (Wildman–Crippen LogP) is 2.64. The number of nitrogens with zero attached hydrogens (tertiary/aromatic N) is 2. The molecule has 0 radical (unpaired) electrons. The standard InChI is InChI=1S/C13H12N2O4/c1-7-5-10(8(2)13(16)17)11-6-9(15(18)19)3-4-12(11)14-7/h3-6,8H,1-2H3,(H,16,17). The number of fused-ring (bicyclic) bond motifs is 1. The summed E-state index contributed by atoms with van der Waals surface area (Å²) in [5.41, 5.74) is 1.72. The fraction of sp³-hybridized carbons (Fsp3) is 0.231. The summed E-state index contributed by atoms with van der Waals surface area (Å²) in [5.74, 6) is -1.72. The van der Waals surface area contributed by atoms with E-state index in [9.17, 15) is 14.9 Å². The van der Waals surface area contributed by atoms with Gasteiger partial charge in [0.25, 0.3) is 5.69 Å². The van der Waals surface area contributed by atoms with Crippen molar-refractivity contribution in [3.63, 3.8) is 0 Å². The average Bonchev–Trinajstić information content (AvgIpc) is 2.35. The normalized spacial score (nSPS) is 12.3. The van der Waals surface area contributed by atoms with Gasteiger partial charge in [-0.05, 0) is 31.5 Å². The summed E-state index contributed by atoms with van der Waals surface area (Å²) in [6.07, 6.45) is 0. The fourth-order valence-corrected chi connectivity index (χ4v) is 1.98. The number of aliphatic carboxylic acids is 1. The summed E-state index contributed by atoms with van der Waals surface area (Å²) >= 11 is 0. The number of hydrogen-bond donors (Lipinski definition) is 1. The van der Waals surface area contributed by atoms with Crippen LogP contribution in [-0.4, -0.2) is 21.0 Å². The van der Waals surface area contributed by atoms with E-state index in [1.807, 2.05) is 0 Å². The molecule has 0 saturated heterocycles. The lowest BCUT2D eigenvalue weighted by molar-refractivity contribution is -0.384. The number of carboxylic acid groups (broad SMARTS) is 1. The van der Waals surface area contributed by atoms with Gasteiger partial charge in [-0.1, -0.05) is 0 Å². The molecule has 6 heteroatoms. The Morgan fingerprint density at radius 1 is 1.42 bits per heavy atom. The zero-order chi connectivity index (χ0) is 14.2. The van der Waals surface area contributed by atoms with Gasteiger partial charge in [0.05, 0.1) is 16.4 Å². The molecule has 0 aliphatic heterocycles. The van der Waals surface area contributed by atoms with E-state index in [0.717, 1.165) is 0 Å². The molecular formula is C13H12N2O4. The lowest BCUT2D eigenvalue weighted by Crippen LogP contribution is -2.09. The molecule has 1 aromatic heterocycles. The van der Waals surface area contributed by atoms with Crippen molar-refractivity contribution >= 4 is 22.6 Å². The van der Waals surface area contributed by atoms with Crippen LogP contribution < -0.4 is 0 Å². The van der Waals surface area contributed by atoms with E-state index in [1.165, 1.54) is 12.1 Å². The molecule has 2 rings (SSSR count). The minimum atomic E-state index is -0.974. The first-order valence-electron chi connectivity index (χ1n) is 5.68. The molecule has 0 spiro atoms. The zero-order valence-corrected chi connectivity index (χ0v) is 10.5. The summed E-state index contributed by atoms with van der Waals surface area (Å²) in [7, 11) is 0. The van der Waals surface area contributed by atoms with Crippen LogP contribution in [0.3, 0.4) is 0 Å². The number of benzene rings is 1. The predicted molar refractivity (Wildman–Crippen MR) is 69.2 cm³/mol. The largest absolute Gasteiger partial charge is 0.481 e. The van der Waals surface area contributed by atoms with Crippen LogP contribution in [0, 0.1) is 17.0 Å². The van der Waals surface area contributed by atoms with Gasteiger partial charge >= 0.3 is 5.97 Å². The Morgan fingerprint density at radius 3 is 2.68 bits per heavy atom. The Kier molecular flexibility index (Phi) is 3.16. The summed E-state index contributed by atoms with van der Waals surface area (Å²) in [4.78, 5) is 25.7. The average molecular weight is 260 g/mol. The van der Waals surface area contributed by atoms with E-state index in [1.54, 1.807) is 26.0 Å². The zero-order valence-electron chi connectivity index (χ0n) is 10.5. The molecule has 6 nitrogen and oxygen atoms in total. The molecular weight excluding hydrogens is 248 g/mol. The Morgan fingerprint density at radius 2 is 2.11 bits per heavy atom. The lowest BCUT2D eigenvalue weighted by atomic mass is 9.96. The number of aryl methyl sites for hydroxylation is 1. The second-order valence-electron chi connectivity index (χ2n) is 4.37. The van der Waals surface area contributed by atoms with Gasteiger partial charge in [-0.3, -0.25) is 19.9 Å². The number of nitro benzene ring substituents is 1. The van der Waals surface area contributed by atoms with Crippen LogP contribution in [0.5, 0.6) is 0 Å². The summed E-state index contributed by atoms with van der Waals surface area (Å²) in [6.45, 7) is 3.31. The van der Waals surface area contributed by atoms with E-state index in [0.29, 0.717) is 22.2 Å². The van der Waals surface area contributed by atoms with Crippen LogP contribution in [0.4, 0.5) is 5.69 Å². The van der Waals surface area contributed by atoms with Crippen molar-refractivity contribution in [3.05, 3.63) is 45.6 Å². The Balaban J connectivity index is 2.76. The van der Waals surface area contributed by atoms with Crippen molar-refractivity contribution in [1.29, 1.82) is 0 Å². The summed E-state index contributed by atoms with van der Waals surface area (Å²) < 4.78 is 0. The van der Waals surface area contributed by atoms with Gasteiger partial charge in [-0.15, -0.1) is 0 Å². The molecule has 1 aromatic carbocycles. The number of aromatic nitrogens is 1. The molecule has 0 aliphatic carbocycles. The van der Waals surface area contributed by atoms with Crippen LogP contribution in [0.25, 0.3) is 10.9 Å². The minimum absolute atomic E-state index is 0.0722. The molecule has 2 aromatic rings. The van der Waals surface area contributed by atoms with E-state index in [2.05, 4.69) is 4.98 Å². The maximum Gasteiger partial charge on any atom is 0.310 e. The van der Waals surface area contributed by atoms with Gasteiger partial charge in [0.1, 0.15) is 0 Å². The Bertz CT molecular complexity index is 682. The van der Waals surface area contributed by atoms with Crippen molar-refractivity contribution in [2.75, 3.05) is 0 Å². The molecule has 1 heterocycles. The molecule has 0 saturated carbocycles. The van der Waals surface area contributed by atoms with Crippen molar-refractivity contribution in [3.8, 4) is 0 Å². The first-order valence-corrected chi connectivity index (χ1v) is 5.68. The van der Waals surface area contributed by atoms with Gasteiger partial charge in [-0.2, -0.15) is 0 Å². The van der Waals surface area contributed by atoms with Gasteiger partial charge < -0.3 is 5.11 Å². The Labute approximate surface area is 108 Å². The van der Waals surface area contributed by atoms with E-state index in [4.69, 9.17) is 5.11 Å². The summed E-state index contributed by atoms with van der Waals surface area (Å²) in [5, 5.41) is 20.4. The second-order valence-corrected chi connectivity index (χ2v) is 4.37. The number of carbonyl (C=O) groups is 1. The highest BCUT2D eigenvalue weighted by molar-refractivity contribution is 5.89. The molecule has 1 unspecified atom stereocenters. The maximum atomic E-state index is 11.1. The van der Waals surface area contributed by atoms with Crippen LogP contribution in [0.15, 0.2) is 24.3 Å². The fourth-order valence-electron chi connectivity index (χ4n) is 1.98. The highest BCUT2D eigenvalue weighted by atomic mass is 16.6. The van der Waals surface area contributed by atoms with Crippen LogP contribution in [0.2, 0.25) is 0 Å². The van der Waals surface area contributed by atoms with Crippen molar-refractivity contribution < 1.29 is 14.8 Å². The van der Waals surface area contributed by atoms with Gasteiger partial charge in [-0.25, -0.2) is 0 Å². The molecule has 0 bridgehead atoms. The summed E-state index contributed by atoms with van der Waals surface area (Å²) in [6, 6.07) is 5.93. The second kappa shape index (κ2) is 4.64. The third-order valence-corrected chi connectivity index (χ3v) is 3.00. The van der Waals surface area contributed by atoms with Crippen LogP contribution in [-0.2, 0) is 4.79 Å². The molecule has 0 fully saturated rings. The van der Waals surface area contributed by atoms with E-state index in [-0.39, 0.29) is 5.69 Å². The van der Waals surface area contributed by atoms with Gasteiger partial charge in [0.15, 0.2) is 0 Å². The van der Waals surface area contributed by atoms with Gasteiger partial charge in [0.2, 0.25) is 0 Å². The van der Waals surface area contributed by atoms with Crippen molar-refractivity contribution in [1.82, 2.24) is 4.98 Å². The highest BCUT2D eigenvalue weighted by Gasteiger charge is 2.19. The van der Waals surface area contributed by atoms with E-state index < -0.39 is 16.8 Å². The number of hydrogen-bond acceptors (Lipinski definition) is 4. The number of rotatable bonds is 3. The SMILES string of the molecule is Cc1cc(C(C)C(=O)O)c2cc([N+](=O)[O-])ccc2n1. The number of pyridine rings is 1. The first kappa shape index (κ1) is 12.9. The van der Waals surface area contributed by atoms with Gasteiger partial charge in [0, 0.05) is 23.2 Å². The Hall–Kier alpha value is -2.50. The van der Waals surface area contributed by atoms with Crippen LogP contribution >= 0.6 is 0 Å². The monoisotopic (exact) mass is 260 g/mol. The topological polar surface area (TPSA) is 93.3 Å².